The van der Waals surface area contributed by atoms with Gasteiger partial charge in [0.15, 0.2) is 6.61 Å². The van der Waals surface area contributed by atoms with Crippen molar-refractivity contribution in [1.82, 2.24) is 20.2 Å². The van der Waals surface area contributed by atoms with Gasteiger partial charge in [0, 0.05) is 38.4 Å². The molecule has 7 nitrogen and oxygen atoms in total. The lowest BCUT2D eigenvalue weighted by molar-refractivity contribution is -0.123. The molecule has 2 aromatic rings. The number of anilines is 1. The molecule has 0 bridgehead atoms. The summed E-state index contributed by atoms with van der Waals surface area (Å²) in [7, 11) is 0. The number of benzene rings is 1. The molecule has 0 spiro atoms. The molecule has 0 radical (unpaired) electrons. The molecule has 3 heterocycles. The van der Waals surface area contributed by atoms with Crippen LogP contribution in [0.15, 0.2) is 24.5 Å². The number of alkyl halides is 2. The van der Waals surface area contributed by atoms with E-state index in [0.717, 1.165) is 44.8 Å². The summed E-state index contributed by atoms with van der Waals surface area (Å²) in [5.74, 6) is 0.288. The number of ether oxygens (including phenoxy) is 1. The molecule has 1 N–H and O–H groups in total. The fourth-order valence-electron chi connectivity index (χ4n) is 3.70. The second-order valence-electron chi connectivity index (χ2n) is 6.70. The van der Waals surface area contributed by atoms with Gasteiger partial charge in [0.2, 0.25) is 11.8 Å². The monoisotopic (exact) mass is 377 g/mol. The van der Waals surface area contributed by atoms with E-state index >= 15 is 0 Å². The number of rotatable bonds is 5. The highest BCUT2D eigenvalue weighted by Gasteiger charge is 2.32. The van der Waals surface area contributed by atoms with Crippen LogP contribution in [-0.2, 0) is 4.79 Å². The Morgan fingerprint density at radius 2 is 2.04 bits per heavy atom. The Labute approximate surface area is 155 Å². The van der Waals surface area contributed by atoms with Gasteiger partial charge in [-0.05, 0) is 24.6 Å². The van der Waals surface area contributed by atoms with Crippen LogP contribution in [0.5, 0.6) is 5.88 Å². The highest BCUT2D eigenvalue weighted by Crippen LogP contribution is 2.28. The molecule has 9 heteroatoms. The van der Waals surface area contributed by atoms with Gasteiger partial charge in [0.1, 0.15) is 6.33 Å². The number of hydrogen-bond donors (Lipinski definition) is 1. The normalized spacial score (nSPS) is 21.1. The lowest BCUT2D eigenvalue weighted by Crippen LogP contribution is -2.52. The SMILES string of the molecule is O=C1NCCC1N1CCN(c2ccc3ncnc(OCC(F)F)c3c2)CC1. The average molecular weight is 377 g/mol. The summed E-state index contributed by atoms with van der Waals surface area (Å²) in [5.41, 5.74) is 1.62. The Bertz CT molecular complexity index is 827. The predicted molar refractivity (Wildman–Crippen MR) is 96.2 cm³/mol. The average Bonchev–Trinajstić information content (AvgIpc) is 3.12. The third-order valence-electron chi connectivity index (χ3n) is 5.07. The molecule has 4 rings (SSSR count). The summed E-state index contributed by atoms with van der Waals surface area (Å²) in [5, 5.41) is 3.50. The van der Waals surface area contributed by atoms with Crippen molar-refractivity contribution in [2.45, 2.75) is 18.9 Å². The minimum absolute atomic E-state index is 0.0218. The van der Waals surface area contributed by atoms with E-state index in [1.54, 1.807) is 0 Å². The van der Waals surface area contributed by atoms with Gasteiger partial charge < -0.3 is 15.0 Å². The van der Waals surface area contributed by atoms with Gasteiger partial charge >= 0.3 is 0 Å². The van der Waals surface area contributed by atoms with Gasteiger partial charge in [0.25, 0.3) is 6.43 Å². The maximum absolute atomic E-state index is 12.5. The number of hydrogen-bond acceptors (Lipinski definition) is 6. The van der Waals surface area contributed by atoms with Crippen LogP contribution in [0.25, 0.3) is 10.9 Å². The van der Waals surface area contributed by atoms with Gasteiger partial charge in [-0.15, -0.1) is 0 Å². The van der Waals surface area contributed by atoms with E-state index in [1.165, 1.54) is 6.33 Å². The van der Waals surface area contributed by atoms with E-state index in [2.05, 4.69) is 25.1 Å². The van der Waals surface area contributed by atoms with Crippen molar-refractivity contribution in [3.8, 4) is 5.88 Å². The fourth-order valence-corrected chi connectivity index (χ4v) is 3.70. The molecule has 1 aromatic carbocycles. The molecule has 2 aliphatic heterocycles. The summed E-state index contributed by atoms with van der Waals surface area (Å²) in [6, 6.07) is 5.67. The third kappa shape index (κ3) is 3.78. The van der Waals surface area contributed by atoms with E-state index < -0.39 is 13.0 Å². The van der Waals surface area contributed by atoms with E-state index in [-0.39, 0.29) is 17.8 Å². The molecule has 2 fully saturated rings. The summed E-state index contributed by atoms with van der Waals surface area (Å²) in [6.45, 7) is 3.23. The van der Waals surface area contributed by atoms with Crippen LogP contribution in [0, 0.1) is 0 Å². The standard InChI is InChI=1S/C18H21F2N5O2/c19-16(20)10-27-18-13-9-12(1-2-14(13)22-11-23-18)24-5-7-25(8-6-24)15-3-4-21-17(15)26/h1-2,9,11,15-16H,3-8,10H2,(H,21,26). The van der Waals surface area contributed by atoms with Gasteiger partial charge in [0.05, 0.1) is 16.9 Å². The molecule has 144 valence electrons. The number of amides is 1. The Hall–Kier alpha value is -2.55. The molecule has 2 aliphatic rings. The third-order valence-corrected chi connectivity index (χ3v) is 5.07. The number of nitrogens with one attached hydrogen (secondary N) is 1. The summed E-state index contributed by atoms with van der Waals surface area (Å²) < 4.78 is 30.1. The molecule has 1 aromatic heterocycles. The zero-order valence-corrected chi connectivity index (χ0v) is 14.8. The highest BCUT2D eigenvalue weighted by atomic mass is 19.3. The lowest BCUT2D eigenvalue weighted by atomic mass is 10.1. The molecule has 1 unspecified atom stereocenters. The molecule has 0 saturated carbocycles. The highest BCUT2D eigenvalue weighted by molar-refractivity contribution is 5.87. The van der Waals surface area contributed by atoms with Crippen molar-refractivity contribution in [2.75, 3.05) is 44.2 Å². The maximum atomic E-state index is 12.5. The van der Waals surface area contributed by atoms with Crippen LogP contribution in [0.2, 0.25) is 0 Å². The number of carbonyl (C=O) groups excluding carboxylic acids is 1. The first-order valence-electron chi connectivity index (χ1n) is 9.04. The van der Waals surface area contributed by atoms with Crippen molar-refractivity contribution in [2.24, 2.45) is 0 Å². The number of fused-ring (bicyclic) bond motifs is 1. The second kappa shape index (κ2) is 7.59. The van der Waals surface area contributed by atoms with E-state index in [4.69, 9.17) is 4.74 Å². The van der Waals surface area contributed by atoms with Crippen LogP contribution in [0.4, 0.5) is 14.5 Å². The van der Waals surface area contributed by atoms with Crippen LogP contribution in [0.3, 0.4) is 0 Å². The van der Waals surface area contributed by atoms with Crippen LogP contribution < -0.4 is 15.0 Å². The first-order chi connectivity index (χ1) is 13.1. The maximum Gasteiger partial charge on any atom is 0.272 e. The smallest absolute Gasteiger partial charge is 0.272 e. The van der Waals surface area contributed by atoms with Gasteiger partial charge in [-0.2, -0.15) is 0 Å². The van der Waals surface area contributed by atoms with Crippen molar-refractivity contribution in [1.29, 1.82) is 0 Å². The zero-order valence-electron chi connectivity index (χ0n) is 14.8. The van der Waals surface area contributed by atoms with Gasteiger partial charge in [-0.25, -0.2) is 18.7 Å². The van der Waals surface area contributed by atoms with E-state index in [9.17, 15) is 13.6 Å². The zero-order chi connectivity index (χ0) is 18.8. The van der Waals surface area contributed by atoms with Crippen molar-refractivity contribution in [3.05, 3.63) is 24.5 Å². The minimum Gasteiger partial charge on any atom is -0.471 e. The summed E-state index contributed by atoms with van der Waals surface area (Å²) in [6.07, 6.45) is -0.385. The molecular formula is C18H21F2N5O2. The van der Waals surface area contributed by atoms with E-state index in [0.29, 0.717) is 10.9 Å². The van der Waals surface area contributed by atoms with E-state index in [1.807, 2.05) is 18.2 Å². The lowest BCUT2D eigenvalue weighted by Gasteiger charge is -2.38. The first-order valence-corrected chi connectivity index (χ1v) is 9.04. The molecule has 1 amide bonds. The quantitative estimate of drug-likeness (QED) is 0.847. The Kier molecular flexibility index (Phi) is 5.02. The number of carbonyl (C=O) groups is 1. The van der Waals surface area contributed by atoms with Crippen LogP contribution >= 0.6 is 0 Å². The van der Waals surface area contributed by atoms with Crippen LogP contribution in [0.1, 0.15) is 6.42 Å². The fraction of sp³-hybridized carbons (Fsp3) is 0.500. The number of aromatic nitrogens is 2. The molecule has 1 atom stereocenters. The van der Waals surface area contributed by atoms with Gasteiger partial charge in [-0.1, -0.05) is 0 Å². The predicted octanol–water partition coefficient (Wildman–Crippen LogP) is 1.28. The van der Waals surface area contributed by atoms with Crippen molar-refractivity contribution in [3.63, 3.8) is 0 Å². The molecular weight excluding hydrogens is 356 g/mol. The van der Waals surface area contributed by atoms with Crippen LogP contribution in [-0.4, -0.2) is 72.6 Å². The Morgan fingerprint density at radius 1 is 1.22 bits per heavy atom. The Balaban J connectivity index is 1.49. The number of nitrogens with zero attached hydrogens (tertiary/aromatic N) is 4. The molecule has 27 heavy (non-hydrogen) atoms. The number of piperazine rings is 1. The molecule has 0 aliphatic carbocycles. The second-order valence-corrected chi connectivity index (χ2v) is 6.70. The molecule has 2 saturated heterocycles. The first kappa shape index (κ1) is 17.8. The van der Waals surface area contributed by atoms with Crippen molar-refractivity contribution < 1.29 is 18.3 Å². The van der Waals surface area contributed by atoms with Crippen molar-refractivity contribution >= 4 is 22.5 Å². The summed E-state index contributed by atoms with van der Waals surface area (Å²) >= 11 is 0. The number of halogens is 2. The van der Waals surface area contributed by atoms with Gasteiger partial charge in [-0.3, -0.25) is 9.69 Å². The Morgan fingerprint density at radius 3 is 2.74 bits per heavy atom. The summed E-state index contributed by atoms with van der Waals surface area (Å²) in [4.78, 5) is 24.5. The minimum atomic E-state index is -2.56. The largest absolute Gasteiger partial charge is 0.471 e. The topological polar surface area (TPSA) is 70.6 Å².